The maximum Gasteiger partial charge on any atom is 0.226 e. The molecular formula is C17H23NO4S. The number of phenols is 1. The van der Waals surface area contributed by atoms with E-state index in [0.29, 0.717) is 16.5 Å². The molecule has 5 nitrogen and oxygen atoms in total. The molecule has 0 spiro atoms. The Balaban J connectivity index is 0.00000127. The largest absolute Gasteiger partial charge is 0.507 e. The van der Waals surface area contributed by atoms with Crippen molar-refractivity contribution >= 4 is 32.2 Å². The fourth-order valence-corrected chi connectivity index (χ4v) is 2.56. The van der Waals surface area contributed by atoms with E-state index in [1.54, 1.807) is 32.0 Å². The molecule has 0 saturated carbocycles. The van der Waals surface area contributed by atoms with E-state index >= 15 is 0 Å². The molecule has 0 bridgehead atoms. The van der Waals surface area contributed by atoms with Crippen LogP contribution in [0.5, 0.6) is 5.75 Å². The topological polar surface area (TPSA) is 83.5 Å². The smallest absolute Gasteiger partial charge is 0.226 e. The first-order valence-electron chi connectivity index (χ1n) is 7.46. The van der Waals surface area contributed by atoms with Gasteiger partial charge in [0, 0.05) is 23.2 Å². The minimum absolute atomic E-state index is 0.0615. The van der Waals surface area contributed by atoms with Crippen molar-refractivity contribution in [3.8, 4) is 5.75 Å². The van der Waals surface area contributed by atoms with Crippen molar-refractivity contribution in [2.75, 3.05) is 11.6 Å². The third-order valence-electron chi connectivity index (χ3n) is 3.13. The molecule has 0 aliphatic rings. The van der Waals surface area contributed by atoms with Crippen LogP contribution in [0.4, 0.5) is 5.69 Å². The van der Waals surface area contributed by atoms with Gasteiger partial charge in [0.25, 0.3) is 0 Å². The summed E-state index contributed by atoms with van der Waals surface area (Å²) in [7, 11) is -3.39. The van der Waals surface area contributed by atoms with Gasteiger partial charge in [0.1, 0.15) is 5.75 Å². The molecule has 0 aromatic heterocycles. The van der Waals surface area contributed by atoms with Gasteiger partial charge in [0.15, 0.2) is 9.84 Å². The van der Waals surface area contributed by atoms with Crippen LogP contribution >= 0.6 is 0 Å². The number of anilines is 1. The zero-order valence-electron chi connectivity index (χ0n) is 14.0. The van der Waals surface area contributed by atoms with Gasteiger partial charge in [-0.1, -0.05) is 33.8 Å². The van der Waals surface area contributed by atoms with Gasteiger partial charge < -0.3 is 10.4 Å². The van der Waals surface area contributed by atoms with Crippen LogP contribution in [-0.2, 0) is 14.6 Å². The van der Waals surface area contributed by atoms with E-state index in [1.165, 1.54) is 12.1 Å². The Morgan fingerprint density at radius 2 is 1.74 bits per heavy atom. The van der Waals surface area contributed by atoms with Crippen LogP contribution in [0.1, 0.15) is 27.7 Å². The number of aromatic hydroxyl groups is 1. The van der Waals surface area contributed by atoms with Crippen LogP contribution in [0.15, 0.2) is 35.2 Å². The number of hydrogen-bond acceptors (Lipinski definition) is 4. The molecular weight excluding hydrogens is 314 g/mol. The quantitative estimate of drug-likeness (QED) is 0.897. The van der Waals surface area contributed by atoms with Crippen molar-refractivity contribution in [2.45, 2.75) is 32.6 Å². The number of benzene rings is 2. The second-order valence-electron chi connectivity index (χ2n) is 5.29. The molecule has 6 heteroatoms. The monoisotopic (exact) mass is 337 g/mol. The first-order chi connectivity index (χ1) is 10.7. The maximum absolute atomic E-state index is 11.7. The van der Waals surface area contributed by atoms with Crippen molar-refractivity contribution in [3.63, 3.8) is 0 Å². The van der Waals surface area contributed by atoms with Gasteiger partial charge in [0.05, 0.1) is 4.90 Å². The SMILES string of the molecule is CC.CC(C)C(=O)Nc1ccc2cc(S(C)(=O)=O)cc(O)c2c1. The van der Waals surface area contributed by atoms with Crippen LogP contribution in [0, 0.1) is 5.92 Å². The maximum atomic E-state index is 11.7. The Kier molecular flexibility index (Phi) is 6.15. The standard InChI is InChI=1S/C15H17NO4S.C2H6/c1-9(2)15(18)16-11-5-4-10-6-12(21(3,19)20)8-14(17)13(10)7-11;1-2/h4-9,17H,1-3H3,(H,16,18);1-2H3. The number of fused-ring (bicyclic) bond motifs is 1. The molecule has 23 heavy (non-hydrogen) atoms. The Bertz CT molecular complexity index is 811. The first-order valence-corrected chi connectivity index (χ1v) is 9.35. The zero-order chi connectivity index (χ0) is 17.8. The molecule has 1 amide bonds. The van der Waals surface area contributed by atoms with Crippen LogP contribution in [0.2, 0.25) is 0 Å². The average Bonchev–Trinajstić information content (AvgIpc) is 2.48. The molecule has 2 N–H and O–H groups in total. The molecule has 0 unspecified atom stereocenters. The highest BCUT2D eigenvalue weighted by molar-refractivity contribution is 7.90. The molecule has 2 aromatic rings. The molecule has 0 heterocycles. The molecule has 0 saturated heterocycles. The number of amides is 1. The Hall–Kier alpha value is -2.08. The number of rotatable bonds is 3. The Labute approximate surface area is 137 Å². The van der Waals surface area contributed by atoms with E-state index < -0.39 is 9.84 Å². The summed E-state index contributed by atoms with van der Waals surface area (Å²) in [5.41, 5.74) is 0.559. The lowest BCUT2D eigenvalue weighted by atomic mass is 10.1. The second kappa shape index (κ2) is 7.46. The first kappa shape index (κ1) is 19.0. The summed E-state index contributed by atoms with van der Waals surface area (Å²) in [5.74, 6) is -0.405. The summed E-state index contributed by atoms with van der Waals surface area (Å²) in [6, 6.07) is 7.68. The number of hydrogen-bond donors (Lipinski definition) is 2. The van der Waals surface area contributed by atoms with Gasteiger partial charge >= 0.3 is 0 Å². The normalized spacial score (nSPS) is 11.0. The molecule has 0 aliphatic carbocycles. The Morgan fingerprint density at radius 3 is 2.26 bits per heavy atom. The van der Waals surface area contributed by atoms with Crippen LogP contribution < -0.4 is 5.32 Å². The predicted octanol–water partition coefficient (Wildman–Crippen LogP) is 3.57. The molecule has 0 atom stereocenters. The van der Waals surface area contributed by atoms with E-state index in [4.69, 9.17) is 0 Å². The summed E-state index contributed by atoms with van der Waals surface area (Å²) >= 11 is 0. The number of sulfone groups is 1. The summed E-state index contributed by atoms with van der Waals surface area (Å²) in [6.07, 6.45) is 1.09. The highest BCUT2D eigenvalue weighted by Gasteiger charge is 2.13. The van der Waals surface area contributed by atoms with E-state index in [9.17, 15) is 18.3 Å². The highest BCUT2D eigenvalue weighted by atomic mass is 32.2. The second-order valence-corrected chi connectivity index (χ2v) is 7.31. The van der Waals surface area contributed by atoms with Crippen molar-refractivity contribution < 1.29 is 18.3 Å². The van der Waals surface area contributed by atoms with Crippen LogP contribution in [0.25, 0.3) is 10.8 Å². The molecule has 2 aromatic carbocycles. The molecule has 0 fully saturated rings. The Morgan fingerprint density at radius 1 is 1.13 bits per heavy atom. The number of nitrogens with one attached hydrogen (secondary N) is 1. The third-order valence-corrected chi connectivity index (χ3v) is 4.22. The minimum Gasteiger partial charge on any atom is -0.507 e. The van der Waals surface area contributed by atoms with Gasteiger partial charge in [-0.3, -0.25) is 4.79 Å². The van der Waals surface area contributed by atoms with E-state index in [-0.39, 0.29) is 22.5 Å². The summed E-state index contributed by atoms with van der Waals surface area (Å²) in [5, 5.41) is 13.8. The zero-order valence-corrected chi connectivity index (χ0v) is 14.9. The van der Waals surface area contributed by atoms with E-state index in [2.05, 4.69) is 5.32 Å². The fourth-order valence-electron chi connectivity index (χ4n) is 1.89. The summed E-state index contributed by atoms with van der Waals surface area (Å²) in [6.45, 7) is 7.57. The van der Waals surface area contributed by atoms with Crippen molar-refractivity contribution in [2.24, 2.45) is 5.92 Å². The number of carbonyl (C=O) groups is 1. The fraction of sp³-hybridized carbons (Fsp3) is 0.353. The van der Waals surface area contributed by atoms with Crippen LogP contribution in [-0.4, -0.2) is 25.7 Å². The van der Waals surface area contributed by atoms with Crippen molar-refractivity contribution in [1.29, 1.82) is 0 Å². The van der Waals surface area contributed by atoms with Crippen molar-refractivity contribution in [1.82, 2.24) is 0 Å². The van der Waals surface area contributed by atoms with Gasteiger partial charge in [0.2, 0.25) is 5.91 Å². The molecule has 0 aliphatic heterocycles. The van der Waals surface area contributed by atoms with Gasteiger partial charge in [-0.25, -0.2) is 8.42 Å². The third kappa shape index (κ3) is 4.69. The molecule has 126 valence electrons. The van der Waals surface area contributed by atoms with E-state index in [0.717, 1.165) is 6.26 Å². The minimum atomic E-state index is -3.39. The summed E-state index contributed by atoms with van der Waals surface area (Å²) in [4.78, 5) is 11.7. The highest BCUT2D eigenvalue weighted by Crippen LogP contribution is 2.30. The number of phenolic OH excluding ortho intramolecular Hbond substituents is 1. The van der Waals surface area contributed by atoms with Crippen LogP contribution in [0.3, 0.4) is 0 Å². The average molecular weight is 337 g/mol. The molecule has 2 rings (SSSR count). The van der Waals surface area contributed by atoms with Gasteiger partial charge in [-0.15, -0.1) is 0 Å². The lowest BCUT2D eigenvalue weighted by molar-refractivity contribution is -0.118. The number of carbonyl (C=O) groups excluding carboxylic acids is 1. The lowest BCUT2D eigenvalue weighted by Gasteiger charge is -2.10. The van der Waals surface area contributed by atoms with E-state index in [1.807, 2.05) is 13.8 Å². The lowest BCUT2D eigenvalue weighted by Crippen LogP contribution is -2.17. The predicted molar refractivity (Wildman–Crippen MR) is 93.5 cm³/mol. The van der Waals surface area contributed by atoms with Gasteiger partial charge in [-0.2, -0.15) is 0 Å². The van der Waals surface area contributed by atoms with Crippen molar-refractivity contribution in [3.05, 3.63) is 30.3 Å². The van der Waals surface area contributed by atoms with Gasteiger partial charge in [-0.05, 0) is 29.7 Å². The molecule has 0 radical (unpaired) electrons. The summed E-state index contributed by atoms with van der Waals surface area (Å²) < 4.78 is 23.1.